The molecule has 0 aliphatic rings. The third kappa shape index (κ3) is 3.99. The van der Waals surface area contributed by atoms with Gasteiger partial charge in [0.15, 0.2) is 11.5 Å². The fourth-order valence-corrected chi connectivity index (χ4v) is 4.32. The molecule has 0 fully saturated rings. The number of pyridine rings is 1. The number of amides is 1. The van der Waals surface area contributed by atoms with Gasteiger partial charge in [-0.05, 0) is 49.7 Å². The molecule has 9 heteroatoms. The Hall–Kier alpha value is -3.59. The van der Waals surface area contributed by atoms with Crippen molar-refractivity contribution in [2.45, 2.75) is 20.4 Å². The molecule has 4 rings (SSSR count). The average molecular weight is 454 g/mol. The van der Waals surface area contributed by atoms with Gasteiger partial charge in [-0.15, -0.1) is 11.3 Å². The highest BCUT2D eigenvalue weighted by Gasteiger charge is 2.20. The van der Waals surface area contributed by atoms with Crippen LogP contribution in [0.4, 0.5) is 0 Å². The number of fused-ring (bicyclic) bond motifs is 1. The number of aryl methyl sites for hydroxylation is 2. The molecular formula is C23H23N3O5S. The lowest BCUT2D eigenvalue weighted by atomic mass is 10.1. The second-order valence-corrected chi connectivity index (χ2v) is 8.42. The van der Waals surface area contributed by atoms with Crippen LogP contribution in [-0.4, -0.2) is 37.4 Å². The molecule has 0 spiro atoms. The van der Waals surface area contributed by atoms with E-state index in [4.69, 9.17) is 18.7 Å². The minimum absolute atomic E-state index is 0.257. The summed E-state index contributed by atoms with van der Waals surface area (Å²) >= 11 is 1.60. The van der Waals surface area contributed by atoms with Gasteiger partial charge < -0.3 is 24.1 Å². The summed E-state index contributed by atoms with van der Waals surface area (Å²) in [7, 11) is 4.65. The number of nitrogens with one attached hydrogen (secondary N) is 1. The van der Waals surface area contributed by atoms with Crippen LogP contribution in [0.15, 0.2) is 34.9 Å². The van der Waals surface area contributed by atoms with Gasteiger partial charge in [0.2, 0.25) is 5.75 Å². The maximum Gasteiger partial charge on any atom is 0.259 e. The second-order valence-electron chi connectivity index (χ2n) is 7.13. The third-order valence-electron chi connectivity index (χ3n) is 5.03. The summed E-state index contributed by atoms with van der Waals surface area (Å²) in [5.74, 6) is 1.28. The molecule has 1 N–H and O–H groups in total. The monoisotopic (exact) mass is 453 g/mol. The molecule has 0 unspecified atom stereocenters. The fourth-order valence-electron chi connectivity index (χ4n) is 3.49. The Labute approximate surface area is 189 Å². The first-order chi connectivity index (χ1) is 15.4. The lowest BCUT2D eigenvalue weighted by molar-refractivity contribution is 0.0952. The van der Waals surface area contributed by atoms with E-state index in [2.05, 4.69) is 15.5 Å². The van der Waals surface area contributed by atoms with E-state index in [0.29, 0.717) is 45.3 Å². The predicted molar refractivity (Wildman–Crippen MR) is 122 cm³/mol. The van der Waals surface area contributed by atoms with Crippen molar-refractivity contribution in [2.75, 3.05) is 21.3 Å². The van der Waals surface area contributed by atoms with Crippen LogP contribution in [0.2, 0.25) is 0 Å². The van der Waals surface area contributed by atoms with Gasteiger partial charge in [-0.3, -0.25) is 4.79 Å². The Bertz CT molecular complexity index is 1270. The van der Waals surface area contributed by atoms with Gasteiger partial charge in [0, 0.05) is 11.4 Å². The lowest BCUT2D eigenvalue weighted by Gasteiger charge is -2.14. The minimum Gasteiger partial charge on any atom is -0.493 e. The number of hydrogen-bond acceptors (Lipinski definition) is 8. The SMILES string of the molecule is COc1cc(CNC(=O)c2cc(-c3ccc(C)s3)nc3onc(C)c23)cc(OC)c1OC. The fraction of sp³-hybridized carbons (Fsp3) is 0.261. The van der Waals surface area contributed by atoms with Gasteiger partial charge in [-0.1, -0.05) is 5.16 Å². The van der Waals surface area contributed by atoms with Crippen molar-refractivity contribution < 1.29 is 23.5 Å². The molecule has 1 amide bonds. The zero-order chi connectivity index (χ0) is 22.8. The van der Waals surface area contributed by atoms with Crippen LogP contribution in [0.25, 0.3) is 21.7 Å². The highest BCUT2D eigenvalue weighted by Crippen LogP contribution is 2.38. The lowest BCUT2D eigenvalue weighted by Crippen LogP contribution is -2.23. The quantitative estimate of drug-likeness (QED) is 0.439. The zero-order valence-electron chi connectivity index (χ0n) is 18.4. The molecule has 0 aliphatic heterocycles. The van der Waals surface area contributed by atoms with Gasteiger partial charge >= 0.3 is 0 Å². The molecule has 0 aliphatic carbocycles. The van der Waals surface area contributed by atoms with Gasteiger partial charge in [0.05, 0.1) is 48.5 Å². The number of carbonyl (C=O) groups excluding carboxylic acids is 1. The van der Waals surface area contributed by atoms with E-state index in [1.54, 1.807) is 57.8 Å². The van der Waals surface area contributed by atoms with E-state index in [1.165, 1.54) is 0 Å². The van der Waals surface area contributed by atoms with Crippen LogP contribution in [0, 0.1) is 13.8 Å². The Morgan fingerprint density at radius 1 is 1.06 bits per heavy atom. The van der Waals surface area contributed by atoms with Crippen LogP contribution in [0.5, 0.6) is 17.2 Å². The van der Waals surface area contributed by atoms with Gasteiger partial charge in [-0.2, -0.15) is 0 Å². The largest absolute Gasteiger partial charge is 0.493 e. The minimum atomic E-state index is -0.257. The summed E-state index contributed by atoms with van der Waals surface area (Å²) in [5, 5.41) is 7.57. The number of hydrogen-bond donors (Lipinski definition) is 1. The van der Waals surface area contributed by atoms with Crippen LogP contribution in [-0.2, 0) is 6.54 Å². The maximum absolute atomic E-state index is 13.2. The van der Waals surface area contributed by atoms with E-state index in [0.717, 1.165) is 15.3 Å². The first-order valence-electron chi connectivity index (χ1n) is 9.86. The van der Waals surface area contributed by atoms with Crippen LogP contribution in [0.1, 0.15) is 26.5 Å². The molecule has 3 heterocycles. The number of ether oxygens (including phenoxy) is 3. The summed E-state index contributed by atoms with van der Waals surface area (Å²) in [6.45, 7) is 4.08. The van der Waals surface area contributed by atoms with Crippen molar-refractivity contribution in [3.8, 4) is 27.8 Å². The molecule has 0 saturated heterocycles. The summed E-state index contributed by atoms with van der Waals surface area (Å²) < 4.78 is 21.5. The van der Waals surface area contributed by atoms with Gasteiger partial charge in [0.25, 0.3) is 11.6 Å². The molecule has 0 atom stereocenters. The van der Waals surface area contributed by atoms with Crippen LogP contribution in [0.3, 0.4) is 0 Å². The smallest absolute Gasteiger partial charge is 0.259 e. The number of nitrogens with zero attached hydrogens (tertiary/aromatic N) is 2. The topological polar surface area (TPSA) is 95.7 Å². The van der Waals surface area contributed by atoms with E-state index in [1.807, 2.05) is 19.1 Å². The van der Waals surface area contributed by atoms with Crippen molar-refractivity contribution in [3.05, 3.63) is 52.0 Å². The Morgan fingerprint density at radius 3 is 2.38 bits per heavy atom. The maximum atomic E-state index is 13.2. The standard InChI is InChI=1S/C23H23N3O5S/c1-12-6-7-19(32-12)16-10-15(20-13(2)26-31-23(20)25-16)22(27)24-11-14-8-17(28-3)21(30-5)18(9-14)29-4/h6-10H,11H2,1-5H3,(H,24,27). The molecule has 0 bridgehead atoms. The molecule has 4 aromatic rings. The number of rotatable bonds is 7. The number of benzene rings is 1. The molecule has 166 valence electrons. The Kier molecular flexibility index (Phi) is 6.00. The normalized spacial score (nSPS) is 10.9. The average Bonchev–Trinajstić information content (AvgIpc) is 3.41. The van der Waals surface area contributed by atoms with Gasteiger partial charge in [-0.25, -0.2) is 4.98 Å². The molecule has 0 radical (unpaired) electrons. The summed E-state index contributed by atoms with van der Waals surface area (Å²) in [6.07, 6.45) is 0. The number of carbonyl (C=O) groups is 1. The molecule has 8 nitrogen and oxygen atoms in total. The van der Waals surface area contributed by atoms with E-state index < -0.39 is 0 Å². The first kappa shape index (κ1) is 21.6. The van der Waals surface area contributed by atoms with Gasteiger partial charge in [0.1, 0.15) is 0 Å². The summed E-state index contributed by atoms with van der Waals surface area (Å²) in [6, 6.07) is 9.38. The number of aromatic nitrogens is 2. The molecular weight excluding hydrogens is 430 g/mol. The Morgan fingerprint density at radius 2 is 1.78 bits per heavy atom. The first-order valence-corrected chi connectivity index (χ1v) is 10.7. The molecule has 3 aromatic heterocycles. The van der Waals surface area contributed by atoms with Crippen LogP contribution >= 0.6 is 11.3 Å². The molecule has 0 saturated carbocycles. The predicted octanol–water partition coefficient (Wildman–Crippen LogP) is 4.52. The van der Waals surface area contributed by atoms with Crippen molar-refractivity contribution in [1.82, 2.24) is 15.5 Å². The van der Waals surface area contributed by atoms with Crippen molar-refractivity contribution in [1.29, 1.82) is 0 Å². The van der Waals surface area contributed by atoms with E-state index in [-0.39, 0.29) is 12.5 Å². The highest BCUT2D eigenvalue weighted by atomic mass is 32.1. The number of methoxy groups -OCH3 is 3. The van der Waals surface area contributed by atoms with Crippen molar-refractivity contribution in [3.63, 3.8) is 0 Å². The zero-order valence-corrected chi connectivity index (χ0v) is 19.3. The van der Waals surface area contributed by atoms with Crippen LogP contribution < -0.4 is 19.5 Å². The van der Waals surface area contributed by atoms with E-state index >= 15 is 0 Å². The summed E-state index contributed by atoms with van der Waals surface area (Å²) in [5.41, 5.74) is 2.88. The Balaban J connectivity index is 1.66. The molecule has 32 heavy (non-hydrogen) atoms. The highest BCUT2D eigenvalue weighted by molar-refractivity contribution is 7.15. The third-order valence-corrected chi connectivity index (χ3v) is 6.06. The summed E-state index contributed by atoms with van der Waals surface area (Å²) in [4.78, 5) is 19.9. The number of thiophene rings is 1. The van der Waals surface area contributed by atoms with E-state index in [9.17, 15) is 4.79 Å². The molecule has 1 aromatic carbocycles. The second kappa shape index (κ2) is 8.88. The van der Waals surface area contributed by atoms with Crippen molar-refractivity contribution >= 4 is 28.3 Å². The van der Waals surface area contributed by atoms with Crippen molar-refractivity contribution in [2.24, 2.45) is 0 Å².